The molecule has 0 saturated carbocycles. The molecule has 5 heteroatoms. The number of amides is 2. The summed E-state index contributed by atoms with van der Waals surface area (Å²) in [5.74, 6) is -0.399. The molecule has 1 atom stereocenters. The van der Waals surface area contributed by atoms with Crippen LogP contribution in [0, 0.1) is 6.92 Å². The van der Waals surface area contributed by atoms with Crippen molar-refractivity contribution >= 4 is 11.8 Å². The van der Waals surface area contributed by atoms with E-state index in [1.165, 1.54) is 4.57 Å². The number of hydrogen-bond donors (Lipinski definition) is 1. The van der Waals surface area contributed by atoms with E-state index in [0.717, 1.165) is 11.1 Å². The Morgan fingerprint density at radius 3 is 2.58 bits per heavy atom. The third-order valence-electron chi connectivity index (χ3n) is 3.49. The van der Waals surface area contributed by atoms with Crippen molar-refractivity contribution < 1.29 is 9.59 Å². The average molecular weight is 262 g/mol. The van der Waals surface area contributed by atoms with E-state index in [2.05, 4.69) is 5.32 Å². The fourth-order valence-corrected chi connectivity index (χ4v) is 2.48. The summed E-state index contributed by atoms with van der Waals surface area (Å²) in [7, 11) is 0. The van der Waals surface area contributed by atoms with Gasteiger partial charge in [0, 0.05) is 18.7 Å². The van der Waals surface area contributed by atoms with E-state index in [1.807, 2.05) is 20.8 Å². The average Bonchev–Trinajstić information content (AvgIpc) is 2.32. The quantitative estimate of drug-likeness (QED) is 0.816. The molecule has 2 heterocycles. The van der Waals surface area contributed by atoms with E-state index in [0.29, 0.717) is 6.42 Å². The predicted molar refractivity (Wildman–Crippen MR) is 70.9 cm³/mol. The zero-order valence-corrected chi connectivity index (χ0v) is 11.4. The summed E-state index contributed by atoms with van der Waals surface area (Å²) >= 11 is 0. The first-order valence-electron chi connectivity index (χ1n) is 6.46. The van der Waals surface area contributed by atoms with Crippen LogP contribution in [0.4, 0.5) is 0 Å². The summed E-state index contributed by atoms with van der Waals surface area (Å²) in [5, 5.41) is 2.27. The van der Waals surface area contributed by atoms with Gasteiger partial charge in [-0.25, -0.2) is 0 Å². The topological polar surface area (TPSA) is 68.2 Å². The van der Waals surface area contributed by atoms with Crippen molar-refractivity contribution in [3.8, 4) is 0 Å². The van der Waals surface area contributed by atoms with Crippen molar-refractivity contribution in [1.29, 1.82) is 0 Å². The fraction of sp³-hybridized carbons (Fsp3) is 0.500. The Morgan fingerprint density at radius 1 is 1.32 bits per heavy atom. The van der Waals surface area contributed by atoms with Crippen LogP contribution < -0.4 is 10.9 Å². The largest absolute Gasteiger partial charge is 0.303 e. The molecule has 1 aliphatic heterocycles. The molecule has 1 N–H and O–H groups in total. The van der Waals surface area contributed by atoms with Gasteiger partial charge >= 0.3 is 0 Å². The number of nitrogens with zero attached hydrogens (tertiary/aromatic N) is 1. The maximum Gasteiger partial charge on any atom is 0.251 e. The van der Waals surface area contributed by atoms with Gasteiger partial charge in [-0.05, 0) is 30.4 Å². The first-order valence-corrected chi connectivity index (χ1v) is 6.46. The second kappa shape index (κ2) is 4.99. The van der Waals surface area contributed by atoms with Crippen LogP contribution in [0.2, 0.25) is 0 Å². The van der Waals surface area contributed by atoms with Crippen LogP contribution in [0.25, 0.3) is 0 Å². The van der Waals surface area contributed by atoms with Crippen molar-refractivity contribution in [2.24, 2.45) is 0 Å². The zero-order valence-electron chi connectivity index (χ0n) is 11.4. The fourth-order valence-electron chi connectivity index (χ4n) is 2.48. The van der Waals surface area contributed by atoms with Gasteiger partial charge in [0.15, 0.2) is 0 Å². The number of aromatic nitrogens is 1. The normalized spacial score (nSPS) is 19.7. The molecule has 2 amide bonds. The molecule has 0 spiro atoms. The van der Waals surface area contributed by atoms with Crippen molar-refractivity contribution in [2.45, 2.75) is 45.6 Å². The molecular formula is C14H18N2O3. The van der Waals surface area contributed by atoms with Crippen LogP contribution in [-0.2, 0) is 9.59 Å². The maximum atomic E-state index is 12.1. The molecule has 0 bridgehead atoms. The van der Waals surface area contributed by atoms with Gasteiger partial charge in [-0.3, -0.25) is 19.7 Å². The first-order chi connectivity index (χ1) is 8.90. The Hall–Kier alpha value is -1.91. The monoisotopic (exact) mass is 262 g/mol. The number of carbonyl (C=O) groups excluding carboxylic acids is 2. The second-order valence-electron chi connectivity index (χ2n) is 5.28. The van der Waals surface area contributed by atoms with Crippen LogP contribution in [0.5, 0.6) is 0 Å². The highest BCUT2D eigenvalue weighted by atomic mass is 16.2. The Kier molecular flexibility index (Phi) is 3.55. The van der Waals surface area contributed by atoms with Crippen LogP contribution in [0.3, 0.4) is 0 Å². The van der Waals surface area contributed by atoms with Gasteiger partial charge in [-0.15, -0.1) is 0 Å². The minimum Gasteiger partial charge on any atom is -0.303 e. The highest BCUT2D eigenvalue weighted by Gasteiger charge is 2.28. The van der Waals surface area contributed by atoms with Gasteiger partial charge in [-0.1, -0.05) is 13.8 Å². The number of nitrogens with one attached hydrogen (secondary N) is 1. The van der Waals surface area contributed by atoms with Crippen LogP contribution in [0.1, 0.15) is 49.8 Å². The van der Waals surface area contributed by atoms with E-state index >= 15 is 0 Å². The summed E-state index contributed by atoms with van der Waals surface area (Å²) in [6.07, 6.45) is 2.37. The first kappa shape index (κ1) is 13.5. The third kappa shape index (κ3) is 2.59. The standard InChI is InChI=1S/C14H18N2O3/c1-8(2)10-6-13(18)16(7-9(10)3)11-4-5-12(17)15-14(11)19/h6-8,11H,4-5H2,1-3H3,(H,15,17,19). The highest BCUT2D eigenvalue weighted by molar-refractivity contribution is 5.99. The molecule has 2 rings (SSSR count). The molecule has 1 aromatic rings. The number of aryl methyl sites for hydroxylation is 1. The minimum atomic E-state index is -0.579. The lowest BCUT2D eigenvalue weighted by Gasteiger charge is -2.24. The number of rotatable bonds is 2. The van der Waals surface area contributed by atoms with Gasteiger partial charge in [0.1, 0.15) is 6.04 Å². The van der Waals surface area contributed by atoms with Crippen LogP contribution in [0.15, 0.2) is 17.1 Å². The number of pyridine rings is 1. The summed E-state index contributed by atoms with van der Waals surface area (Å²) in [5.41, 5.74) is 1.79. The Bertz CT molecular complexity index is 587. The maximum absolute atomic E-state index is 12.1. The van der Waals surface area contributed by atoms with Gasteiger partial charge in [0.05, 0.1) is 0 Å². The highest BCUT2D eigenvalue weighted by Crippen LogP contribution is 2.21. The number of carbonyl (C=O) groups is 2. The van der Waals surface area contributed by atoms with Crippen molar-refractivity contribution in [3.05, 3.63) is 33.7 Å². The molecule has 1 fully saturated rings. The molecule has 1 saturated heterocycles. The van der Waals surface area contributed by atoms with E-state index < -0.39 is 11.9 Å². The van der Waals surface area contributed by atoms with Gasteiger partial charge in [-0.2, -0.15) is 0 Å². The predicted octanol–water partition coefficient (Wildman–Crippen LogP) is 1.26. The van der Waals surface area contributed by atoms with Gasteiger partial charge < -0.3 is 4.57 Å². The van der Waals surface area contributed by atoms with Gasteiger partial charge in [0.2, 0.25) is 11.8 Å². The SMILES string of the molecule is Cc1cn(C2CCC(=O)NC2=O)c(=O)cc1C(C)C. The summed E-state index contributed by atoms with van der Waals surface area (Å²) in [6, 6.07) is 1.01. The van der Waals surface area contributed by atoms with E-state index in [9.17, 15) is 14.4 Å². The Balaban J connectivity index is 2.41. The van der Waals surface area contributed by atoms with Crippen molar-refractivity contribution in [2.75, 3.05) is 0 Å². The van der Waals surface area contributed by atoms with Crippen molar-refractivity contribution in [3.63, 3.8) is 0 Å². The van der Waals surface area contributed by atoms with Crippen LogP contribution >= 0.6 is 0 Å². The lowest BCUT2D eigenvalue weighted by atomic mass is 9.99. The molecule has 0 aromatic carbocycles. The summed E-state index contributed by atoms with van der Waals surface area (Å²) in [6.45, 7) is 5.98. The summed E-state index contributed by atoms with van der Waals surface area (Å²) < 4.78 is 1.43. The number of hydrogen-bond acceptors (Lipinski definition) is 3. The molecular weight excluding hydrogens is 244 g/mol. The molecule has 5 nitrogen and oxygen atoms in total. The van der Waals surface area contributed by atoms with E-state index in [4.69, 9.17) is 0 Å². The second-order valence-corrected chi connectivity index (χ2v) is 5.28. The van der Waals surface area contributed by atoms with Gasteiger partial charge in [0.25, 0.3) is 5.56 Å². The lowest BCUT2D eigenvalue weighted by molar-refractivity contribution is -0.135. The summed E-state index contributed by atoms with van der Waals surface area (Å²) in [4.78, 5) is 35.0. The number of piperidine rings is 1. The Labute approximate surface area is 111 Å². The molecule has 19 heavy (non-hydrogen) atoms. The molecule has 102 valence electrons. The van der Waals surface area contributed by atoms with Crippen LogP contribution in [-0.4, -0.2) is 16.4 Å². The number of imide groups is 1. The van der Waals surface area contributed by atoms with Crippen molar-refractivity contribution in [1.82, 2.24) is 9.88 Å². The molecule has 0 radical (unpaired) electrons. The zero-order chi connectivity index (χ0) is 14.2. The lowest BCUT2D eigenvalue weighted by Crippen LogP contribution is -2.44. The van der Waals surface area contributed by atoms with E-state index in [1.54, 1.807) is 12.3 Å². The smallest absolute Gasteiger partial charge is 0.251 e. The minimum absolute atomic E-state index is 0.191. The molecule has 1 unspecified atom stereocenters. The third-order valence-corrected chi connectivity index (χ3v) is 3.49. The molecule has 1 aliphatic rings. The molecule has 0 aliphatic carbocycles. The van der Waals surface area contributed by atoms with E-state index in [-0.39, 0.29) is 23.8 Å². The molecule has 1 aromatic heterocycles. The Morgan fingerprint density at radius 2 is 2.00 bits per heavy atom.